The Bertz CT molecular complexity index is 1090. The minimum Gasteiger partial charge on any atom is -0.322 e. The molecule has 0 saturated heterocycles. The van der Waals surface area contributed by atoms with Crippen LogP contribution in [0.15, 0.2) is 48.7 Å². The van der Waals surface area contributed by atoms with E-state index in [9.17, 15) is 28.1 Å². The molecule has 29 heavy (non-hydrogen) atoms. The molecular formula is C18H12ClF3N4O3. The van der Waals surface area contributed by atoms with Crippen LogP contribution < -0.4 is 5.32 Å². The molecule has 1 amide bonds. The summed E-state index contributed by atoms with van der Waals surface area (Å²) in [6, 6.07) is 9.48. The van der Waals surface area contributed by atoms with Crippen LogP contribution in [0.2, 0.25) is 5.02 Å². The molecule has 0 fully saturated rings. The van der Waals surface area contributed by atoms with Gasteiger partial charge in [-0.05, 0) is 31.2 Å². The van der Waals surface area contributed by atoms with Crippen molar-refractivity contribution in [3.05, 3.63) is 80.6 Å². The van der Waals surface area contributed by atoms with Crippen molar-refractivity contribution in [3.63, 3.8) is 0 Å². The first kappa shape index (κ1) is 20.3. The summed E-state index contributed by atoms with van der Waals surface area (Å²) in [5, 5.41) is 16.7. The van der Waals surface area contributed by atoms with E-state index in [0.717, 1.165) is 23.9 Å². The van der Waals surface area contributed by atoms with E-state index >= 15 is 0 Å². The number of carbonyl (C=O) groups excluding carboxylic acids is 1. The van der Waals surface area contributed by atoms with Gasteiger partial charge in [0.1, 0.15) is 5.02 Å². The number of nitro groups is 1. The van der Waals surface area contributed by atoms with Crippen molar-refractivity contribution >= 4 is 28.9 Å². The maximum Gasteiger partial charge on any atom is 0.434 e. The number of nitrogens with zero attached hydrogens (tertiary/aromatic N) is 3. The van der Waals surface area contributed by atoms with Crippen molar-refractivity contribution in [2.75, 3.05) is 5.32 Å². The number of carbonyl (C=O) groups is 1. The predicted octanol–water partition coefficient (Wildman–Crippen LogP) is 5.01. The lowest BCUT2D eigenvalue weighted by molar-refractivity contribution is -0.384. The summed E-state index contributed by atoms with van der Waals surface area (Å²) in [5.74, 6) is -1.12. The molecule has 7 nitrogen and oxygen atoms in total. The summed E-state index contributed by atoms with van der Waals surface area (Å²) in [6.45, 7) is 1.78. The highest BCUT2D eigenvalue weighted by atomic mass is 35.5. The fourth-order valence-corrected chi connectivity index (χ4v) is 2.78. The molecule has 0 saturated carbocycles. The number of benzene rings is 2. The van der Waals surface area contributed by atoms with E-state index in [-0.39, 0.29) is 16.4 Å². The minimum absolute atomic E-state index is 0.0812. The van der Waals surface area contributed by atoms with E-state index in [1.807, 2.05) is 0 Å². The van der Waals surface area contributed by atoms with Gasteiger partial charge in [0.2, 0.25) is 0 Å². The van der Waals surface area contributed by atoms with Crippen LogP contribution >= 0.6 is 11.6 Å². The van der Waals surface area contributed by atoms with E-state index < -0.39 is 34.0 Å². The SMILES string of the molecule is Cc1ccc(-n2ncc(C(=O)Nc3ccc(Cl)c([N+](=O)[O-])c3)c2C(F)(F)F)cc1. The molecule has 0 radical (unpaired) electrons. The van der Waals surface area contributed by atoms with Crippen molar-refractivity contribution in [1.82, 2.24) is 9.78 Å². The molecule has 0 aliphatic heterocycles. The number of rotatable bonds is 4. The van der Waals surface area contributed by atoms with Crippen LogP contribution in [0.5, 0.6) is 0 Å². The monoisotopic (exact) mass is 424 g/mol. The van der Waals surface area contributed by atoms with E-state index in [0.29, 0.717) is 4.68 Å². The van der Waals surface area contributed by atoms with E-state index in [2.05, 4.69) is 10.4 Å². The first-order chi connectivity index (χ1) is 13.6. The standard InChI is InChI=1S/C18H12ClF3N4O3/c1-10-2-5-12(6-3-10)25-16(18(20,21)22)13(9-23-25)17(27)24-11-4-7-14(19)15(8-11)26(28)29/h2-9H,1H3,(H,24,27). The minimum atomic E-state index is -4.87. The summed E-state index contributed by atoms with van der Waals surface area (Å²) in [7, 11) is 0. The zero-order valence-corrected chi connectivity index (χ0v) is 15.5. The van der Waals surface area contributed by atoms with E-state index in [1.165, 1.54) is 18.2 Å². The Morgan fingerprint density at radius 2 is 1.86 bits per heavy atom. The first-order valence-electron chi connectivity index (χ1n) is 8.05. The van der Waals surface area contributed by atoms with Crippen molar-refractivity contribution in [2.24, 2.45) is 0 Å². The molecule has 0 unspecified atom stereocenters. The van der Waals surface area contributed by atoms with Crippen LogP contribution in [0.3, 0.4) is 0 Å². The quantitative estimate of drug-likeness (QED) is 0.470. The Kier molecular flexibility index (Phi) is 5.29. The average Bonchev–Trinajstić information content (AvgIpc) is 3.09. The molecule has 3 rings (SSSR count). The highest BCUT2D eigenvalue weighted by Crippen LogP contribution is 2.34. The molecule has 3 aromatic rings. The van der Waals surface area contributed by atoms with Crippen molar-refractivity contribution in [2.45, 2.75) is 13.1 Å². The normalized spacial score (nSPS) is 11.3. The molecule has 1 N–H and O–H groups in total. The summed E-state index contributed by atoms with van der Waals surface area (Å²) >= 11 is 5.70. The average molecular weight is 425 g/mol. The van der Waals surface area contributed by atoms with Gasteiger partial charge in [0.25, 0.3) is 11.6 Å². The van der Waals surface area contributed by atoms with Crippen molar-refractivity contribution in [3.8, 4) is 5.69 Å². The molecule has 1 heterocycles. The number of amides is 1. The van der Waals surface area contributed by atoms with Gasteiger partial charge in [-0.2, -0.15) is 18.3 Å². The summed E-state index contributed by atoms with van der Waals surface area (Å²) < 4.78 is 41.7. The number of nitro benzene ring substituents is 1. The summed E-state index contributed by atoms with van der Waals surface area (Å²) in [5.41, 5.74) is -1.59. The topological polar surface area (TPSA) is 90.1 Å². The van der Waals surface area contributed by atoms with Gasteiger partial charge in [0.05, 0.1) is 22.4 Å². The fourth-order valence-electron chi connectivity index (χ4n) is 2.60. The second-order valence-corrected chi connectivity index (χ2v) is 6.44. The van der Waals surface area contributed by atoms with Crippen LogP contribution in [0.4, 0.5) is 24.5 Å². The Labute approximate surface area is 166 Å². The summed E-state index contributed by atoms with van der Waals surface area (Å²) in [4.78, 5) is 22.7. The molecule has 150 valence electrons. The number of alkyl halides is 3. The van der Waals surface area contributed by atoms with Gasteiger partial charge in [-0.25, -0.2) is 4.68 Å². The van der Waals surface area contributed by atoms with Gasteiger partial charge in [-0.3, -0.25) is 14.9 Å². The molecule has 2 aromatic carbocycles. The third-order valence-electron chi connectivity index (χ3n) is 3.96. The van der Waals surface area contributed by atoms with E-state index in [1.54, 1.807) is 19.1 Å². The maximum absolute atomic E-state index is 13.7. The van der Waals surface area contributed by atoms with Crippen molar-refractivity contribution in [1.29, 1.82) is 0 Å². The number of hydrogen-bond donors (Lipinski definition) is 1. The molecule has 0 aliphatic rings. The third kappa shape index (κ3) is 4.21. The van der Waals surface area contributed by atoms with Crippen LogP contribution in [-0.2, 0) is 6.18 Å². The number of anilines is 1. The lowest BCUT2D eigenvalue weighted by Gasteiger charge is -2.13. The Hall–Kier alpha value is -3.40. The van der Waals surface area contributed by atoms with Gasteiger partial charge < -0.3 is 5.32 Å². The maximum atomic E-state index is 13.7. The highest BCUT2D eigenvalue weighted by Gasteiger charge is 2.40. The Morgan fingerprint density at radius 1 is 1.21 bits per heavy atom. The van der Waals surface area contributed by atoms with Crippen LogP contribution in [0.1, 0.15) is 21.6 Å². The lowest BCUT2D eigenvalue weighted by Crippen LogP contribution is -2.20. The van der Waals surface area contributed by atoms with Gasteiger partial charge in [0, 0.05) is 11.8 Å². The van der Waals surface area contributed by atoms with Crippen LogP contribution in [0.25, 0.3) is 5.69 Å². The third-order valence-corrected chi connectivity index (χ3v) is 4.28. The largest absolute Gasteiger partial charge is 0.434 e. The van der Waals surface area contributed by atoms with Crippen LogP contribution in [0, 0.1) is 17.0 Å². The zero-order chi connectivity index (χ0) is 21.3. The highest BCUT2D eigenvalue weighted by molar-refractivity contribution is 6.32. The van der Waals surface area contributed by atoms with Gasteiger partial charge in [0.15, 0.2) is 5.69 Å². The lowest BCUT2D eigenvalue weighted by atomic mass is 10.2. The molecule has 0 aliphatic carbocycles. The molecular weight excluding hydrogens is 413 g/mol. The molecule has 0 spiro atoms. The number of aromatic nitrogens is 2. The molecule has 11 heteroatoms. The van der Waals surface area contributed by atoms with Gasteiger partial charge >= 0.3 is 6.18 Å². The summed E-state index contributed by atoms with van der Waals surface area (Å²) in [6.07, 6.45) is -4.08. The second kappa shape index (κ2) is 7.55. The molecule has 1 aromatic heterocycles. The molecule has 0 atom stereocenters. The van der Waals surface area contributed by atoms with Crippen LogP contribution in [-0.4, -0.2) is 20.6 Å². The number of aryl methyl sites for hydroxylation is 1. The predicted molar refractivity (Wildman–Crippen MR) is 99.4 cm³/mol. The van der Waals surface area contributed by atoms with Gasteiger partial charge in [-0.15, -0.1) is 0 Å². The molecule has 0 bridgehead atoms. The number of hydrogen-bond acceptors (Lipinski definition) is 4. The Balaban J connectivity index is 2.00. The fraction of sp³-hybridized carbons (Fsp3) is 0.111. The number of nitrogens with one attached hydrogen (secondary N) is 1. The van der Waals surface area contributed by atoms with Crippen molar-refractivity contribution < 1.29 is 22.9 Å². The number of halogens is 4. The Morgan fingerprint density at radius 3 is 2.45 bits per heavy atom. The second-order valence-electron chi connectivity index (χ2n) is 6.03. The van der Waals surface area contributed by atoms with E-state index in [4.69, 9.17) is 11.6 Å². The zero-order valence-electron chi connectivity index (χ0n) is 14.7. The smallest absolute Gasteiger partial charge is 0.322 e. The van der Waals surface area contributed by atoms with Gasteiger partial charge in [-0.1, -0.05) is 29.3 Å². The first-order valence-corrected chi connectivity index (χ1v) is 8.43.